The Bertz CT molecular complexity index is 1110. The number of carbonyl (C=O) groups is 2. The zero-order chi connectivity index (χ0) is 23.4. The topological polar surface area (TPSA) is 106 Å². The van der Waals surface area contributed by atoms with Gasteiger partial charge in [-0.05, 0) is 66.5 Å². The quantitative estimate of drug-likeness (QED) is 0.745. The highest BCUT2D eigenvalue weighted by Crippen LogP contribution is 2.45. The first-order valence-corrected chi connectivity index (χ1v) is 10.7. The van der Waals surface area contributed by atoms with Gasteiger partial charge in [0.15, 0.2) is 0 Å². The normalized spacial score (nSPS) is 21.6. The molecular weight excluding hydrogens is 400 g/mol. The van der Waals surface area contributed by atoms with Gasteiger partial charge in [-0.3, -0.25) is 9.59 Å². The smallest absolute Gasteiger partial charge is 0.251 e. The number of rotatable bonds is 5. The van der Waals surface area contributed by atoms with Crippen molar-refractivity contribution in [1.82, 2.24) is 10.6 Å². The van der Waals surface area contributed by atoms with Crippen LogP contribution in [0.25, 0.3) is 0 Å². The van der Waals surface area contributed by atoms with Gasteiger partial charge in [-0.1, -0.05) is 32.9 Å². The highest BCUT2D eigenvalue weighted by atomic mass is 16.2. The standard InChI is InChI=1S/C26H28N4O2/c1-25(2)12-22(30-24(32)21-9-5-7-19(11-21)15-28)13-26(3,16-25)17-29-23(31)20-8-4-6-18(10-20)14-27/h4-11,22H,12-13,16-17H2,1-3H3,(H,29,31)(H,30,32). The molecule has 0 radical (unpaired) electrons. The molecule has 0 aromatic heterocycles. The molecule has 2 aromatic rings. The molecule has 1 fully saturated rings. The number of nitrogens with zero attached hydrogens (tertiary/aromatic N) is 2. The average molecular weight is 429 g/mol. The van der Waals surface area contributed by atoms with Gasteiger partial charge in [-0.2, -0.15) is 10.5 Å². The first-order valence-electron chi connectivity index (χ1n) is 10.7. The lowest BCUT2D eigenvalue weighted by molar-refractivity contribution is 0.0592. The number of carbonyl (C=O) groups excluding carboxylic acids is 2. The minimum Gasteiger partial charge on any atom is -0.351 e. The summed E-state index contributed by atoms with van der Waals surface area (Å²) >= 11 is 0. The minimum atomic E-state index is -0.208. The summed E-state index contributed by atoms with van der Waals surface area (Å²) in [6.07, 6.45) is 2.48. The van der Waals surface area contributed by atoms with Crippen molar-refractivity contribution in [2.75, 3.05) is 6.54 Å². The zero-order valence-electron chi connectivity index (χ0n) is 18.7. The molecule has 0 saturated heterocycles. The molecule has 2 N–H and O–H groups in total. The fourth-order valence-corrected chi connectivity index (χ4v) is 4.99. The largest absolute Gasteiger partial charge is 0.351 e. The third-order valence-corrected chi connectivity index (χ3v) is 5.96. The molecule has 2 amide bonds. The Morgan fingerprint density at radius 1 is 0.938 bits per heavy atom. The Kier molecular flexibility index (Phi) is 6.65. The Balaban J connectivity index is 1.68. The predicted molar refractivity (Wildman–Crippen MR) is 122 cm³/mol. The van der Waals surface area contributed by atoms with Crippen LogP contribution in [0.1, 0.15) is 71.9 Å². The number of hydrogen-bond donors (Lipinski definition) is 2. The van der Waals surface area contributed by atoms with E-state index in [4.69, 9.17) is 10.5 Å². The molecule has 0 aliphatic heterocycles. The summed E-state index contributed by atoms with van der Waals surface area (Å²) in [7, 11) is 0. The van der Waals surface area contributed by atoms with Gasteiger partial charge in [0.1, 0.15) is 0 Å². The van der Waals surface area contributed by atoms with Gasteiger partial charge in [0.25, 0.3) is 11.8 Å². The molecule has 2 aromatic carbocycles. The molecule has 0 bridgehead atoms. The van der Waals surface area contributed by atoms with Crippen molar-refractivity contribution in [2.45, 2.75) is 46.1 Å². The van der Waals surface area contributed by atoms with Crippen LogP contribution >= 0.6 is 0 Å². The molecule has 1 aliphatic rings. The van der Waals surface area contributed by atoms with Crippen LogP contribution in [-0.4, -0.2) is 24.4 Å². The number of hydrogen-bond acceptors (Lipinski definition) is 4. The van der Waals surface area contributed by atoms with E-state index in [1.165, 1.54) is 0 Å². The summed E-state index contributed by atoms with van der Waals surface area (Å²) in [5.74, 6) is -0.398. The van der Waals surface area contributed by atoms with Gasteiger partial charge in [-0.15, -0.1) is 0 Å². The van der Waals surface area contributed by atoms with Crippen LogP contribution in [-0.2, 0) is 0 Å². The number of nitriles is 2. The van der Waals surface area contributed by atoms with Crippen molar-refractivity contribution < 1.29 is 9.59 Å². The molecule has 32 heavy (non-hydrogen) atoms. The molecule has 6 nitrogen and oxygen atoms in total. The van der Waals surface area contributed by atoms with E-state index in [-0.39, 0.29) is 28.7 Å². The summed E-state index contributed by atoms with van der Waals surface area (Å²) in [5.41, 5.74) is 1.63. The van der Waals surface area contributed by atoms with E-state index in [0.29, 0.717) is 28.8 Å². The van der Waals surface area contributed by atoms with Crippen molar-refractivity contribution in [3.8, 4) is 12.1 Å². The summed E-state index contributed by atoms with van der Waals surface area (Å²) in [5, 5.41) is 24.3. The molecule has 3 rings (SSSR count). The third kappa shape index (κ3) is 5.74. The lowest BCUT2D eigenvalue weighted by Gasteiger charge is -2.47. The van der Waals surface area contributed by atoms with Crippen LogP contribution in [0.5, 0.6) is 0 Å². The average Bonchev–Trinajstić information content (AvgIpc) is 2.76. The van der Waals surface area contributed by atoms with Crippen LogP contribution in [0.4, 0.5) is 0 Å². The summed E-state index contributed by atoms with van der Waals surface area (Å²) < 4.78 is 0. The van der Waals surface area contributed by atoms with Crippen LogP contribution in [0.15, 0.2) is 48.5 Å². The van der Waals surface area contributed by atoms with E-state index >= 15 is 0 Å². The molecule has 164 valence electrons. The maximum atomic E-state index is 12.8. The SMILES string of the molecule is CC1(C)CC(NC(=O)c2cccc(C#N)c2)CC(C)(CNC(=O)c2cccc(C#N)c2)C1. The monoisotopic (exact) mass is 428 g/mol. The van der Waals surface area contributed by atoms with Gasteiger partial charge < -0.3 is 10.6 Å². The van der Waals surface area contributed by atoms with Crippen LogP contribution in [0.2, 0.25) is 0 Å². The lowest BCUT2D eigenvalue weighted by atomic mass is 9.62. The summed E-state index contributed by atoms with van der Waals surface area (Å²) in [6, 6.07) is 17.4. The van der Waals surface area contributed by atoms with Gasteiger partial charge in [-0.25, -0.2) is 0 Å². The predicted octanol–water partition coefficient (Wildman–Crippen LogP) is 4.17. The van der Waals surface area contributed by atoms with Gasteiger partial charge in [0.2, 0.25) is 0 Å². The maximum Gasteiger partial charge on any atom is 0.251 e. The Morgan fingerprint density at radius 3 is 2.06 bits per heavy atom. The molecule has 2 unspecified atom stereocenters. The van der Waals surface area contributed by atoms with E-state index in [0.717, 1.165) is 19.3 Å². The van der Waals surface area contributed by atoms with E-state index < -0.39 is 0 Å². The molecule has 2 atom stereocenters. The first-order chi connectivity index (χ1) is 15.1. The third-order valence-electron chi connectivity index (χ3n) is 5.96. The first kappa shape index (κ1) is 23.0. The minimum absolute atomic E-state index is 0.00903. The molecule has 1 saturated carbocycles. The number of benzene rings is 2. The van der Waals surface area contributed by atoms with Crippen LogP contribution in [0.3, 0.4) is 0 Å². The van der Waals surface area contributed by atoms with Gasteiger partial charge in [0.05, 0.1) is 23.3 Å². The molecular formula is C26H28N4O2. The highest BCUT2D eigenvalue weighted by molar-refractivity contribution is 5.95. The van der Waals surface area contributed by atoms with E-state index in [9.17, 15) is 9.59 Å². The summed E-state index contributed by atoms with van der Waals surface area (Å²) in [4.78, 5) is 25.4. The molecule has 0 spiro atoms. The van der Waals surface area contributed by atoms with Crippen molar-refractivity contribution in [3.05, 3.63) is 70.8 Å². The highest BCUT2D eigenvalue weighted by Gasteiger charge is 2.42. The van der Waals surface area contributed by atoms with Gasteiger partial charge in [0, 0.05) is 23.7 Å². The van der Waals surface area contributed by atoms with Crippen LogP contribution < -0.4 is 10.6 Å². The van der Waals surface area contributed by atoms with Crippen molar-refractivity contribution in [1.29, 1.82) is 10.5 Å². The fourth-order valence-electron chi connectivity index (χ4n) is 4.99. The molecule has 6 heteroatoms. The molecule has 1 aliphatic carbocycles. The second-order valence-electron chi connectivity index (χ2n) is 9.80. The van der Waals surface area contributed by atoms with E-state index in [1.54, 1.807) is 48.5 Å². The second kappa shape index (κ2) is 9.24. The maximum absolute atomic E-state index is 12.8. The Morgan fingerprint density at radius 2 is 1.50 bits per heavy atom. The molecule has 0 heterocycles. The van der Waals surface area contributed by atoms with Crippen molar-refractivity contribution in [2.24, 2.45) is 10.8 Å². The second-order valence-corrected chi connectivity index (χ2v) is 9.80. The zero-order valence-corrected chi connectivity index (χ0v) is 18.7. The van der Waals surface area contributed by atoms with E-state index in [2.05, 4.69) is 43.5 Å². The van der Waals surface area contributed by atoms with Crippen LogP contribution in [0, 0.1) is 33.5 Å². The Labute approximate surface area is 189 Å². The number of nitrogens with one attached hydrogen (secondary N) is 2. The van der Waals surface area contributed by atoms with Crippen molar-refractivity contribution in [3.63, 3.8) is 0 Å². The fraction of sp³-hybridized carbons (Fsp3) is 0.385. The Hall–Kier alpha value is -3.64. The van der Waals surface area contributed by atoms with E-state index in [1.807, 2.05) is 0 Å². The summed E-state index contributed by atoms with van der Waals surface area (Å²) in [6.45, 7) is 6.97. The van der Waals surface area contributed by atoms with Crippen molar-refractivity contribution >= 4 is 11.8 Å². The van der Waals surface area contributed by atoms with Gasteiger partial charge >= 0.3 is 0 Å². The number of amides is 2. The lowest BCUT2D eigenvalue weighted by Crippen LogP contribution is -2.50.